The summed E-state index contributed by atoms with van der Waals surface area (Å²) in [5, 5.41) is 2.90. The zero-order valence-corrected chi connectivity index (χ0v) is 15.5. The second kappa shape index (κ2) is 7.82. The Morgan fingerprint density at radius 1 is 1.11 bits per heavy atom. The largest absolute Gasteiger partial charge is 0.371 e. The van der Waals surface area contributed by atoms with E-state index in [0.717, 1.165) is 11.1 Å². The van der Waals surface area contributed by atoms with Crippen molar-refractivity contribution in [1.82, 2.24) is 4.90 Å². The maximum atomic E-state index is 13.1. The van der Waals surface area contributed by atoms with Crippen LogP contribution < -0.4 is 5.32 Å². The van der Waals surface area contributed by atoms with Crippen LogP contribution in [0.5, 0.6) is 0 Å². The molecule has 5 nitrogen and oxygen atoms in total. The molecule has 2 aliphatic heterocycles. The van der Waals surface area contributed by atoms with Gasteiger partial charge >= 0.3 is 0 Å². The first-order valence-corrected chi connectivity index (χ1v) is 9.39. The Labute approximate surface area is 164 Å². The third-order valence-corrected chi connectivity index (χ3v) is 5.10. The molecule has 1 fully saturated rings. The molecular weight excluding hydrogens is 352 g/mol. The lowest BCUT2D eigenvalue weighted by Crippen LogP contribution is -2.46. The Bertz CT molecular complexity index is 936. The summed E-state index contributed by atoms with van der Waals surface area (Å²) < 4.78 is 5.72. The van der Waals surface area contributed by atoms with Crippen molar-refractivity contribution < 1.29 is 14.3 Å². The second-order valence-corrected chi connectivity index (χ2v) is 6.93. The first-order valence-electron chi connectivity index (χ1n) is 9.39. The lowest BCUT2D eigenvalue weighted by atomic mass is 10.1. The van der Waals surface area contributed by atoms with Gasteiger partial charge in [-0.2, -0.15) is 0 Å². The Morgan fingerprint density at radius 2 is 1.89 bits per heavy atom. The predicted octanol–water partition coefficient (Wildman–Crippen LogP) is 3.59. The van der Waals surface area contributed by atoms with Crippen LogP contribution in [0.1, 0.15) is 27.9 Å². The Balaban J connectivity index is 1.61. The molecule has 0 aromatic heterocycles. The van der Waals surface area contributed by atoms with Crippen LogP contribution >= 0.6 is 0 Å². The first kappa shape index (κ1) is 18.2. The number of hydrogen-bond donors (Lipinski definition) is 1. The number of amides is 2. The van der Waals surface area contributed by atoms with Gasteiger partial charge in [-0.25, -0.2) is 0 Å². The molecule has 1 N–H and O–H groups in total. The molecule has 2 aliphatic rings. The number of rotatable bonds is 5. The van der Waals surface area contributed by atoms with Crippen molar-refractivity contribution in [2.75, 3.05) is 18.5 Å². The molecule has 2 heterocycles. The van der Waals surface area contributed by atoms with Crippen molar-refractivity contribution in [3.63, 3.8) is 0 Å². The topological polar surface area (TPSA) is 58.6 Å². The van der Waals surface area contributed by atoms with Gasteiger partial charge in [0.25, 0.3) is 5.91 Å². The number of nitrogens with zero attached hydrogens (tertiary/aromatic N) is 1. The number of hydrogen-bond acceptors (Lipinski definition) is 3. The van der Waals surface area contributed by atoms with E-state index in [0.29, 0.717) is 30.8 Å². The third-order valence-electron chi connectivity index (χ3n) is 5.10. The fourth-order valence-corrected chi connectivity index (χ4v) is 3.74. The number of anilines is 1. The van der Waals surface area contributed by atoms with Crippen LogP contribution in [0.4, 0.5) is 5.69 Å². The SMILES string of the molecule is C=CCO[C@H]1CCN2C(=O)c3cc(C=Cc4ccccc4)ccc3NC(=O)[C@H]12. The fraction of sp³-hybridized carbons (Fsp3) is 0.217. The zero-order valence-electron chi connectivity index (χ0n) is 15.5. The number of nitrogens with one attached hydrogen (secondary N) is 1. The van der Waals surface area contributed by atoms with Crippen LogP contribution in [0.2, 0.25) is 0 Å². The van der Waals surface area contributed by atoms with E-state index in [1.807, 2.05) is 54.6 Å². The van der Waals surface area contributed by atoms with Crippen LogP contribution in [0, 0.1) is 0 Å². The molecule has 0 aliphatic carbocycles. The highest BCUT2D eigenvalue weighted by atomic mass is 16.5. The van der Waals surface area contributed by atoms with E-state index < -0.39 is 6.04 Å². The molecule has 0 saturated carbocycles. The maximum Gasteiger partial charge on any atom is 0.256 e. The van der Waals surface area contributed by atoms with E-state index in [2.05, 4.69) is 11.9 Å². The maximum absolute atomic E-state index is 13.1. The van der Waals surface area contributed by atoms with E-state index in [4.69, 9.17) is 4.74 Å². The molecule has 0 radical (unpaired) electrons. The number of ether oxygens (including phenoxy) is 1. The molecule has 0 unspecified atom stereocenters. The summed E-state index contributed by atoms with van der Waals surface area (Å²) in [6, 6.07) is 14.9. The van der Waals surface area contributed by atoms with Crippen molar-refractivity contribution in [3.05, 3.63) is 77.9 Å². The molecule has 5 heteroatoms. The van der Waals surface area contributed by atoms with E-state index in [1.165, 1.54) is 0 Å². The quantitative estimate of drug-likeness (QED) is 0.643. The second-order valence-electron chi connectivity index (χ2n) is 6.93. The van der Waals surface area contributed by atoms with Gasteiger partial charge < -0.3 is 15.0 Å². The summed E-state index contributed by atoms with van der Waals surface area (Å²) in [5.74, 6) is -0.343. The van der Waals surface area contributed by atoms with Gasteiger partial charge in [-0.05, 0) is 29.7 Å². The summed E-state index contributed by atoms with van der Waals surface area (Å²) >= 11 is 0. The molecule has 0 spiro atoms. The van der Waals surface area contributed by atoms with Gasteiger partial charge in [0, 0.05) is 6.54 Å². The van der Waals surface area contributed by atoms with Gasteiger partial charge in [0.1, 0.15) is 6.04 Å². The average Bonchev–Trinajstić information content (AvgIpc) is 3.11. The highest BCUT2D eigenvalue weighted by Gasteiger charge is 2.45. The monoisotopic (exact) mass is 374 g/mol. The predicted molar refractivity (Wildman–Crippen MR) is 110 cm³/mol. The summed E-state index contributed by atoms with van der Waals surface area (Å²) in [6.07, 6.45) is 5.94. The van der Waals surface area contributed by atoms with Gasteiger partial charge in [-0.3, -0.25) is 9.59 Å². The normalized spacial score (nSPS) is 21.2. The summed E-state index contributed by atoms with van der Waals surface area (Å²) in [7, 11) is 0. The molecule has 2 aromatic rings. The number of benzene rings is 2. The van der Waals surface area contributed by atoms with E-state index in [9.17, 15) is 9.59 Å². The lowest BCUT2D eigenvalue weighted by Gasteiger charge is -2.24. The zero-order chi connectivity index (χ0) is 19.5. The average molecular weight is 374 g/mol. The van der Waals surface area contributed by atoms with Crippen molar-refractivity contribution in [2.24, 2.45) is 0 Å². The van der Waals surface area contributed by atoms with Crippen LogP contribution in [0.15, 0.2) is 61.2 Å². The Hall–Kier alpha value is -3.18. The summed E-state index contributed by atoms with van der Waals surface area (Å²) in [4.78, 5) is 27.5. The van der Waals surface area contributed by atoms with Gasteiger partial charge in [0.15, 0.2) is 0 Å². The number of fused-ring (bicyclic) bond motifs is 2. The fourth-order valence-electron chi connectivity index (χ4n) is 3.74. The standard InChI is InChI=1S/C23H22N2O3/c1-2-14-28-20-12-13-25-21(20)22(26)24-19-11-10-17(15-18(19)23(25)27)9-8-16-6-4-3-5-7-16/h2-11,15,20-21H,1,12-14H2,(H,24,26)/t20-,21-/m0/s1. The number of carbonyl (C=O) groups is 2. The van der Waals surface area contributed by atoms with E-state index in [1.54, 1.807) is 17.0 Å². The molecule has 28 heavy (non-hydrogen) atoms. The highest BCUT2D eigenvalue weighted by Crippen LogP contribution is 2.31. The van der Waals surface area contributed by atoms with E-state index >= 15 is 0 Å². The van der Waals surface area contributed by atoms with Crippen molar-refractivity contribution in [1.29, 1.82) is 0 Å². The van der Waals surface area contributed by atoms with Crippen molar-refractivity contribution >= 4 is 29.7 Å². The molecule has 1 saturated heterocycles. The van der Waals surface area contributed by atoms with Crippen LogP contribution in [0.25, 0.3) is 12.2 Å². The molecule has 2 amide bonds. The lowest BCUT2D eigenvalue weighted by molar-refractivity contribution is -0.122. The number of carbonyl (C=O) groups excluding carboxylic acids is 2. The molecule has 0 bridgehead atoms. The van der Waals surface area contributed by atoms with Gasteiger partial charge in [-0.1, -0.05) is 54.6 Å². The Morgan fingerprint density at radius 3 is 2.68 bits per heavy atom. The summed E-state index contributed by atoms with van der Waals surface area (Å²) in [5.41, 5.74) is 3.04. The van der Waals surface area contributed by atoms with Crippen LogP contribution in [-0.2, 0) is 9.53 Å². The summed E-state index contributed by atoms with van der Waals surface area (Å²) in [6.45, 7) is 4.51. The Kier molecular flexibility index (Phi) is 5.08. The molecule has 4 rings (SSSR count). The van der Waals surface area contributed by atoms with Crippen molar-refractivity contribution in [2.45, 2.75) is 18.6 Å². The van der Waals surface area contributed by atoms with Gasteiger partial charge in [0.05, 0.1) is 24.0 Å². The minimum absolute atomic E-state index is 0.141. The van der Waals surface area contributed by atoms with Gasteiger partial charge in [-0.15, -0.1) is 6.58 Å². The highest BCUT2D eigenvalue weighted by molar-refractivity contribution is 6.10. The molecular formula is C23H22N2O3. The molecule has 142 valence electrons. The van der Waals surface area contributed by atoms with Gasteiger partial charge in [0.2, 0.25) is 5.91 Å². The van der Waals surface area contributed by atoms with Crippen LogP contribution in [0.3, 0.4) is 0 Å². The third kappa shape index (κ3) is 3.49. The smallest absolute Gasteiger partial charge is 0.256 e. The first-order chi connectivity index (χ1) is 13.7. The molecule has 2 atom stereocenters. The van der Waals surface area contributed by atoms with E-state index in [-0.39, 0.29) is 17.9 Å². The van der Waals surface area contributed by atoms with Crippen molar-refractivity contribution in [3.8, 4) is 0 Å². The van der Waals surface area contributed by atoms with Crippen LogP contribution in [-0.4, -0.2) is 42.0 Å². The minimum atomic E-state index is -0.608. The molecule has 2 aromatic carbocycles. The minimum Gasteiger partial charge on any atom is -0.371 e.